The van der Waals surface area contributed by atoms with Crippen molar-refractivity contribution < 1.29 is 14.7 Å². The number of anilines is 2. The summed E-state index contributed by atoms with van der Waals surface area (Å²) >= 11 is 0. The number of hydrogen-bond acceptors (Lipinski definition) is 3. The van der Waals surface area contributed by atoms with Gasteiger partial charge in [0.25, 0.3) is 0 Å². The molecule has 5 heteroatoms. The number of fused-ring (bicyclic) bond motifs is 3. The van der Waals surface area contributed by atoms with Crippen LogP contribution < -0.4 is 15.3 Å². The number of nitrogens with one attached hydrogen (secondary N) is 1. The molecule has 0 unspecified atom stereocenters. The van der Waals surface area contributed by atoms with Crippen LogP contribution in [0.5, 0.6) is 0 Å². The lowest BCUT2D eigenvalue weighted by atomic mass is 10.0. The molecule has 5 nitrogen and oxygen atoms in total. The first-order chi connectivity index (χ1) is 11.0. The average Bonchev–Trinajstić information content (AvgIpc) is 2.83. The third-order valence-electron chi connectivity index (χ3n) is 4.03. The van der Waals surface area contributed by atoms with Gasteiger partial charge in [0.1, 0.15) is 6.09 Å². The van der Waals surface area contributed by atoms with E-state index >= 15 is 0 Å². The molecular weight excluding hydrogens is 292 g/mol. The van der Waals surface area contributed by atoms with Crippen LogP contribution in [0.25, 0.3) is 11.1 Å². The van der Waals surface area contributed by atoms with Crippen LogP contribution >= 0.6 is 0 Å². The van der Waals surface area contributed by atoms with Gasteiger partial charge in [-0.25, -0.2) is 0 Å². The van der Waals surface area contributed by atoms with Crippen molar-refractivity contribution in [1.82, 2.24) is 0 Å². The van der Waals surface area contributed by atoms with Gasteiger partial charge in [-0.1, -0.05) is 12.1 Å². The first kappa shape index (κ1) is 15.1. The largest absolute Gasteiger partial charge is 0.530 e. The highest BCUT2D eigenvalue weighted by Gasteiger charge is 2.20. The molecular formula is C18H17N2O3-. The van der Waals surface area contributed by atoms with Crippen molar-refractivity contribution in [1.29, 1.82) is 0 Å². The van der Waals surface area contributed by atoms with Crippen LogP contribution in [0.2, 0.25) is 0 Å². The molecule has 0 bridgehead atoms. The zero-order valence-corrected chi connectivity index (χ0v) is 13.1. The maximum atomic E-state index is 11.2. The lowest BCUT2D eigenvalue weighted by molar-refractivity contribution is -0.246. The van der Waals surface area contributed by atoms with Gasteiger partial charge in [-0.2, -0.15) is 0 Å². The third-order valence-corrected chi connectivity index (χ3v) is 4.03. The fraction of sp³-hybridized carbons (Fsp3) is 0.222. The molecule has 118 valence electrons. The fourth-order valence-electron chi connectivity index (χ4n) is 3.06. The van der Waals surface area contributed by atoms with Gasteiger partial charge in [0.05, 0.1) is 0 Å². The molecule has 1 aliphatic rings. The number of amides is 2. The summed E-state index contributed by atoms with van der Waals surface area (Å²) in [7, 11) is 0. The van der Waals surface area contributed by atoms with Gasteiger partial charge in [-0.3, -0.25) is 4.79 Å². The number of rotatable bonds is 3. The second kappa shape index (κ2) is 5.76. The Morgan fingerprint density at radius 3 is 2.39 bits per heavy atom. The van der Waals surface area contributed by atoms with Crippen molar-refractivity contribution in [3.8, 4) is 11.1 Å². The molecule has 0 fully saturated rings. The summed E-state index contributed by atoms with van der Waals surface area (Å²) in [4.78, 5) is 23.6. The summed E-state index contributed by atoms with van der Waals surface area (Å²) in [6.45, 7) is 3.60. The van der Waals surface area contributed by atoms with E-state index in [1.807, 2.05) is 30.3 Å². The minimum atomic E-state index is -1.20. The first-order valence-electron chi connectivity index (χ1n) is 7.52. The summed E-state index contributed by atoms with van der Waals surface area (Å²) < 4.78 is 0. The Bertz CT molecular complexity index is 799. The van der Waals surface area contributed by atoms with Crippen LogP contribution in [0.15, 0.2) is 36.4 Å². The molecule has 1 N–H and O–H groups in total. The number of hydrogen-bond donors (Lipinski definition) is 1. The second-order valence-electron chi connectivity index (χ2n) is 5.58. The standard InChI is InChI=1S/C18H18N2O3/c1-3-20(18(22)23)15-5-7-17-13(10-15)8-12-9-14(19-11(2)21)4-6-16(12)17/h4-7,9-10H,3,8H2,1-2H3,(H,19,21)(H,22,23)/p-1. The Labute approximate surface area is 134 Å². The van der Waals surface area contributed by atoms with Gasteiger partial charge in [0, 0.05) is 24.8 Å². The summed E-state index contributed by atoms with van der Waals surface area (Å²) in [6.07, 6.45) is -0.479. The van der Waals surface area contributed by atoms with E-state index in [0.29, 0.717) is 12.2 Å². The molecule has 23 heavy (non-hydrogen) atoms. The molecule has 0 atom stereocenters. The van der Waals surface area contributed by atoms with E-state index in [4.69, 9.17) is 0 Å². The van der Waals surface area contributed by atoms with E-state index in [1.165, 1.54) is 11.8 Å². The van der Waals surface area contributed by atoms with Gasteiger partial charge >= 0.3 is 0 Å². The first-order valence-corrected chi connectivity index (χ1v) is 7.52. The van der Waals surface area contributed by atoms with E-state index in [0.717, 1.165) is 34.4 Å². The molecule has 0 radical (unpaired) electrons. The van der Waals surface area contributed by atoms with Crippen LogP contribution in [0, 0.1) is 0 Å². The minimum Gasteiger partial charge on any atom is -0.530 e. The van der Waals surface area contributed by atoms with E-state index in [9.17, 15) is 14.7 Å². The number of nitrogens with zero attached hydrogens (tertiary/aromatic N) is 1. The fourth-order valence-corrected chi connectivity index (χ4v) is 3.06. The van der Waals surface area contributed by atoms with Crippen LogP contribution in [-0.2, 0) is 11.2 Å². The molecule has 3 rings (SSSR count). The van der Waals surface area contributed by atoms with E-state index in [2.05, 4.69) is 5.32 Å². The van der Waals surface area contributed by atoms with Gasteiger partial charge in [0.15, 0.2) is 0 Å². The summed E-state index contributed by atoms with van der Waals surface area (Å²) in [5.41, 5.74) is 5.83. The van der Waals surface area contributed by atoms with Crippen LogP contribution in [0.3, 0.4) is 0 Å². The molecule has 0 saturated carbocycles. The normalized spacial score (nSPS) is 11.6. The Kier molecular flexibility index (Phi) is 3.78. The topological polar surface area (TPSA) is 72.5 Å². The zero-order valence-electron chi connectivity index (χ0n) is 13.1. The van der Waals surface area contributed by atoms with E-state index in [-0.39, 0.29) is 5.91 Å². The Hall–Kier alpha value is -2.82. The van der Waals surface area contributed by atoms with Crippen molar-refractivity contribution in [3.63, 3.8) is 0 Å². The lowest BCUT2D eigenvalue weighted by Gasteiger charge is -2.24. The zero-order chi connectivity index (χ0) is 16.6. The van der Waals surface area contributed by atoms with Crippen LogP contribution in [0.4, 0.5) is 16.2 Å². The van der Waals surface area contributed by atoms with Gasteiger partial charge in [-0.05, 0) is 59.9 Å². The van der Waals surface area contributed by atoms with E-state index < -0.39 is 6.09 Å². The maximum Gasteiger partial charge on any atom is 0.221 e. The summed E-state index contributed by atoms with van der Waals surface area (Å²) in [5, 5.41) is 14.0. The average molecular weight is 309 g/mol. The number of carbonyl (C=O) groups excluding carboxylic acids is 2. The number of carboxylic acid groups (broad SMARTS) is 1. The summed E-state index contributed by atoms with van der Waals surface area (Å²) in [5.74, 6) is -0.102. The SMILES string of the molecule is CCN(C(=O)[O-])c1ccc2c(c1)Cc1cc(NC(C)=O)ccc1-2. The highest BCUT2D eigenvalue weighted by molar-refractivity contribution is 5.91. The molecule has 2 aromatic rings. The van der Waals surface area contributed by atoms with Crippen LogP contribution in [-0.4, -0.2) is 18.5 Å². The molecule has 2 aromatic carbocycles. The predicted molar refractivity (Wildman–Crippen MR) is 87.4 cm³/mol. The highest BCUT2D eigenvalue weighted by atomic mass is 16.4. The monoisotopic (exact) mass is 309 g/mol. The number of carbonyl (C=O) groups is 2. The molecule has 0 aliphatic heterocycles. The van der Waals surface area contributed by atoms with Crippen molar-refractivity contribution in [3.05, 3.63) is 47.5 Å². The van der Waals surface area contributed by atoms with Crippen molar-refractivity contribution in [2.45, 2.75) is 20.3 Å². The molecule has 1 aliphatic carbocycles. The Morgan fingerprint density at radius 2 is 1.78 bits per heavy atom. The predicted octanol–water partition coefficient (Wildman–Crippen LogP) is 2.39. The third kappa shape index (κ3) is 2.77. The maximum absolute atomic E-state index is 11.2. The van der Waals surface area contributed by atoms with Crippen molar-refractivity contribution in [2.75, 3.05) is 16.8 Å². The Morgan fingerprint density at radius 1 is 1.13 bits per heavy atom. The quantitative estimate of drug-likeness (QED) is 0.807. The Balaban J connectivity index is 1.95. The van der Waals surface area contributed by atoms with Gasteiger partial charge in [-0.15, -0.1) is 0 Å². The lowest BCUT2D eigenvalue weighted by Crippen LogP contribution is -2.41. The van der Waals surface area contributed by atoms with Gasteiger partial charge in [0.2, 0.25) is 5.91 Å². The molecule has 0 heterocycles. The van der Waals surface area contributed by atoms with Crippen molar-refractivity contribution in [2.24, 2.45) is 0 Å². The van der Waals surface area contributed by atoms with Crippen LogP contribution in [0.1, 0.15) is 25.0 Å². The van der Waals surface area contributed by atoms with E-state index in [1.54, 1.807) is 13.0 Å². The van der Waals surface area contributed by atoms with Crippen molar-refractivity contribution >= 4 is 23.4 Å². The highest BCUT2D eigenvalue weighted by Crippen LogP contribution is 2.39. The minimum absolute atomic E-state index is 0.102. The summed E-state index contributed by atoms with van der Waals surface area (Å²) in [6, 6.07) is 11.5. The second-order valence-corrected chi connectivity index (χ2v) is 5.58. The molecule has 2 amide bonds. The van der Waals surface area contributed by atoms with Gasteiger partial charge < -0.3 is 20.1 Å². The molecule has 0 saturated heterocycles. The number of benzene rings is 2. The molecule has 0 spiro atoms. The molecule has 0 aromatic heterocycles. The smallest absolute Gasteiger partial charge is 0.221 e.